The third kappa shape index (κ3) is 2.62. The molecule has 0 atom stereocenters. The van der Waals surface area contributed by atoms with Crippen molar-refractivity contribution in [1.29, 1.82) is 0 Å². The number of rotatable bonds is 4. The summed E-state index contributed by atoms with van der Waals surface area (Å²) in [5.74, 6) is -0.285. The molecule has 2 heterocycles. The Balaban J connectivity index is 2.09. The Labute approximate surface area is 129 Å². The van der Waals surface area contributed by atoms with Gasteiger partial charge in [0.05, 0.1) is 11.1 Å². The normalized spacial score (nSPS) is 11.2. The monoisotopic (exact) mass is 293 g/mol. The second-order valence-corrected chi connectivity index (χ2v) is 6.01. The number of aromatic carboxylic acids is 1. The molecule has 0 aliphatic rings. The molecule has 3 aromatic rings. The average Bonchev–Trinajstić information content (AvgIpc) is 2.86. The molecule has 1 N–H and O–H groups in total. The zero-order valence-electron chi connectivity index (χ0n) is 12.8. The zero-order valence-corrected chi connectivity index (χ0v) is 12.8. The molecule has 3 heteroatoms. The van der Waals surface area contributed by atoms with E-state index < -0.39 is 5.97 Å². The zero-order chi connectivity index (χ0) is 15.7. The largest absolute Gasteiger partial charge is 0.478 e. The van der Waals surface area contributed by atoms with Gasteiger partial charge in [0, 0.05) is 18.0 Å². The van der Waals surface area contributed by atoms with E-state index in [1.165, 1.54) is 5.56 Å². The molecule has 0 saturated carbocycles. The molecular formula is C19H19NO2. The third-order valence-corrected chi connectivity index (χ3v) is 3.81. The Kier molecular flexibility index (Phi) is 3.72. The van der Waals surface area contributed by atoms with Crippen molar-refractivity contribution in [1.82, 2.24) is 4.40 Å². The quantitative estimate of drug-likeness (QED) is 0.769. The van der Waals surface area contributed by atoms with Gasteiger partial charge in [-0.05, 0) is 35.6 Å². The molecule has 112 valence electrons. The summed E-state index contributed by atoms with van der Waals surface area (Å²) in [6, 6.07) is 13.8. The second-order valence-electron chi connectivity index (χ2n) is 6.01. The number of pyridine rings is 1. The smallest absolute Gasteiger partial charge is 0.338 e. The van der Waals surface area contributed by atoms with Crippen LogP contribution in [0.5, 0.6) is 0 Å². The van der Waals surface area contributed by atoms with Crippen LogP contribution < -0.4 is 0 Å². The van der Waals surface area contributed by atoms with Gasteiger partial charge in [-0.25, -0.2) is 4.79 Å². The third-order valence-electron chi connectivity index (χ3n) is 3.81. The maximum atomic E-state index is 11.7. The van der Waals surface area contributed by atoms with Gasteiger partial charge in [-0.2, -0.15) is 0 Å². The fourth-order valence-electron chi connectivity index (χ4n) is 2.86. The van der Waals surface area contributed by atoms with E-state index in [0.717, 1.165) is 23.1 Å². The van der Waals surface area contributed by atoms with E-state index in [-0.39, 0.29) is 0 Å². The molecule has 0 radical (unpaired) electrons. The topological polar surface area (TPSA) is 41.7 Å². The first-order chi connectivity index (χ1) is 10.6. The van der Waals surface area contributed by atoms with Crippen LogP contribution in [0.4, 0.5) is 0 Å². The maximum absolute atomic E-state index is 11.7. The first-order valence-electron chi connectivity index (χ1n) is 7.48. The maximum Gasteiger partial charge on any atom is 0.338 e. The first-order valence-corrected chi connectivity index (χ1v) is 7.48. The summed E-state index contributed by atoms with van der Waals surface area (Å²) >= 11 is 0. The van der Waals surface area contributed by atoms with E-state index >= 15 is 0 Å². The van der Waals surface area contributed by atoms with Crippen molar-refractivity contribution in [2.24, 2.45) is 5.92 Å². The van der Waals surface area contributed by atoms with Gasteiger partial charge in [0.2, 0.25) is 0 Å². The predicted octanol–water partition coefficient (Wildman–Crippen LogP) is 4.50. The number of nitrogens with zero attached hydrogens (tertiary/aromatic N) is 1. The second kappa shape index (κ2) is 5.68. The van der Waals surface area contributed by atoms with Gasteiger partial charge in [0.15, 0.2) is 0 Å². The predicted molar refractivity (Wildman–Crippen MR) is 88.3 cm³/mol. The summed E-state index contributed by atoms with van der Waals surface area (Å²) in [5.41, 5.74) is 4.05. The van der Waals surface area contributed by atoms with Crippen LogP contribution in [-0.4, -0.2) is 15.5 Å². The van der Waals surface area contributed by atoms with Gasteiger partial charge in [-0.1, -0.05) is 44.2 Å². The molecule has 0 amide bonds. The molecule has 0 saturated heterocycles. The van der Waals surface area contributed by atoms with Crippen molar-refractivity contribution < 1.29 is 9.90 Å². The number of aromatic nitrogens is 1. The molecule has 0 aliphatic heterocycles. The van der Waals surface area contributed by atoms with Crippen LogP contribution >= 0.6 is 0 Å². The van der Waals surface area contributed by atoms with Gasteiger partial charge in [0.25, 0.3) is 0 Å². The molecule has 2 aromatic heterocycles. The number of benzene rings is 1. The van der Waals surface area contributed by atoms with Gasteiger partial charge in [-0.15, -0.1) is 0 Å². The van der Waals surface area contributed by atoms with E-state index in [9.17, 15) is 9.90 Å². The SMILES string of the molecule is CC(C)Cc1ccc(-c2cn3ccccc3c2C(=O)O)cc1. The number of fused-ring (bicyclic) bond motifs is 1. The molecule has 22 heavy (non-hydrogen) atoms. The highest BCUT2D eigenvalue weighted by Crippen LogP contribution is 2.29. The minimum absolute atomic E-state index is 0.359. The van der Waals surface area contributed by atoms with Crippen LogP contribution in [-0.2, 0) is 6.42 Å². The highest BCUT2D eigenvalue weighted by Gasteiger charge is 2.18. The lowest BCUT2D eigenvalue weighted by atomic mass is 9.98. The standard InChI is InChI=1S/C19H19NO2/c1-13(2)11-14-6-8-15(9-7-14)16-12-20-10-4-3-5-17(20)18(16)19(21)22/h3-10,12-13H,11H2,1-2H3,(H,21,22). The number of carboxylic acid groups (broad SMARTS) is 1. The lowest BCUT2D eigenvalue weighted by molar-refractivity contribution is 0.0700. The Morgan fingerprint density at radius 2 is 1.86 bits per heavy atom. The summed E-state index contributed by atoms with van der Waals surface area (Å²) < 4.78 is 1.86. The molecule has 0 aliphatic carbocycles. The number of hydrogen-bond acceptors (Lipinski definition) is 1. The van der Waals surface area contributed by atoms with Crippen molar-refractivity contribution in [3.63, 3.8) is 0 Å². The molecule has 0 fully saturated rings. The van der Waals surface area contributed by atoms with E-state index in [2.05, 4.69) is 26.0 Å². The van der Waals surface area contributed by atoms with Crippen LogP contribution in [0, 0.1) is 5.92 Å². The van der Waals surface area contributed by atoms with Gasteiger partial charge in [0.1, 0.15) is 0 Å². The number of carboxylic acids is 1. The summed E-state index contributed by atoms with van der Waals surface area (Å²) in [5, 5.41) is 9.57. The highest BCUT2D eigenvalue weighted by atomic mass is 16.4. The Bertz CT molecular complexity index is 813. The van der Waals surface area contributed by atoms with Gasteiger partial charge in [-0.3, -0.25) is 0 Å². The van der Waals surface area contributed by atoms with E-state index in [0.29, 0.717) is 11.5 Å². The molecule has 0 spiro atoms. The summed E-state index contributed by atoms with van der Waals surface area (Å²) in [6.45, 7) is 4.38. The fraction of sp³-hybridized carbons (Fsp3) is 0.211. The van der Waals surface area contributed by atoms with E-state index in [1.54, 1.807) is 0 Å². The lowest BCUT2D eigenvalue weighted by Gasteiger charge is -2.06. The summed E-state index contributed by atoms with van der Waals surface area (Å²) in [7, 11) is 0. The van der Waals surface area contributed by atoms with Crippen molar-refractivity contribution in [3.8, 4) is 11.1 Å². The molecule has 1 aromatic carbocycles. The van der Waals surface area contributed by atoms with Crippen molar-refractivity contribution >= 4 is 11.5 Å². The van der Waals surface area contributed by atoms with Crippen molar-refractivity contribution in [2.45, 2.75) is 20.3 Å². The molecule has 0 unspecified atom stereocenters. The Morgan fingerprint density at radius 3 is 2.50 bits per heavy atom. The van der Waals surface area contributed by atoms with Crippen LogP contribution in [0.3, 0.4) is 0 Å². The van der Waals surface area contributed by atoms with Crippen molar-refractivity contribution in [2.75, 3.05) is 0 Å². The fourth-order valence-corrected chi connectivity index (χ4v) is 2.86. The van der Waals surface area contributed by atoms with Crippen LogP contribution in [0.1, 0.15) is 29.8 Å². The number of hydrogen-bond donors (Lipinski definition) is 1. The molecule has 3 nitrogen and oxygen atoms in total. The van der Waals surface area contributed by atoms with Gasteiger partial charge >= 0.3 is 5.97 Å². The minimum atomic E-state index is -0.894. The first kappa shape index (κ1) is 14.4. The summed E-state index contributed by atoms with van der Waals surface area (Å²) in [4.78, 5) is 11.7. The van der Waals surface area contributed by atoms with Gasteiger partial charge < -0.3 is 9.51 Å². The minimum Gasteiger partial charge on any atom is -0.478 e. The molecule has 3 rings (SSSR count). The highest BCUT2D eigenvalue weighted by molar-refractivity contribution is 6.03. The van der Waals surface area contributed by atoms with Crippen LogP contribution in [0.15, 0.2) is 54.9 Å². The average molecular weight is 293 g/mol. The lowest BCUT2D eigenvalue weighted by Crippen LogP contribution is -1.98. The summed E-state index contributed by atoms with van der Waals surface area (Å²) in [6.07, 6.45) is 4.79. The molecule has 0 bridgehead atoms. The van der Waals surface area contributed by atoms with Crippen LogP contribution in [0.25, 0.3) is 16.6 Å². The number of carbonyl (C=O) groups is 1. The Morgan fingerprint density at radius 1 is 1.14 bits per heavy atom. The van der Waals surface area contributed by atoms with Crippen molar-refractivity contribution in [3.05, 3.63) is 66.0 Å². The Hall–Kier alpha value is -2.55. The van der Waals surface area contributed by atoms with Crippen LogP contribution in [0.2, 0.25) is 0 Å². The molecular weight excluding hydrogens is 274 g/mol. The van der Waals surface area contributed by atoms with E-state index in [1.807, 2.05) is 47.1 Å². The van der Waals surface area contributed by atoms with E-state index in [4.69, 9.17) is 0 Å².